The summed E-state index contributed by atoms with van der Waals surface area (Å²) in [5.41, 5.74) is 0. The molecule has 23 heavy (non-hydrogen) atoms. The van der Waals surface area contributed by atoms with E-state index in [0.717, 1.165) is 24.0 Å². The van der Waals surface area contributed by atoms with Crippen LogP contribution in [-0.2, 0) is 14.6 Å². The second kappa shape index (κ2) is 6.58. The van der Waals surface area contributed by atoms with Gasteiger partial charge in [-0.25, -0.2) is 8.42 Å². The van der Waals surface area contributed by atoms with E-state index < -0.39 is 39.6 Å². The molecule has 0 aromatic rings. The first-order chi connectivity index (χ1) is 10.6. The van der Waals surface area contributed by atoms with Crippen LogP contribution >= 0.6 is 0 Å². The largest absolute Gasteiger partial charge is 0.390 e. The Hall–Kier alpha value is -0.830. The van der Waals surface area contributed by atoms with Crippen LogP contribution in [-0.4, -0.2) is 62.6 Å². The summed E-state index contributed by atoms with van der Waals surface area (Å²) in [5.74, 6) is -0.455. The first-order valence-electron chi connectivity index (χ1n) is 7.82. The Kier molecular flexibility index (Phi) is 5.30. The van der Waals surface area contributed by atoms with Crippen LogP contribution in [0.3, 0.4) is 0 Å². The molecule has 1 N–H and O–H groups in total. The molecule has 0 aromatic heterocycles. The molecule has 1 amide bonds. The Bertz CT molecular complexity index is 538. The molecule has 0 atom stereocenters. The topological polar surface area (TPSA) is 66.5 Å². The summed E-state index contributed by atoms with van der Waals surface area (Å²) in [5, 5.41) is 3.00. The zero-order valence-corrected chi connectivity index (χ0v) is 14.0. The maximum absolute atomic E-state index is 12.9. The van der Waals surface area contributed by atoms with Gasteiger partial charge in [-0.1, -0.05) is 0 Å². The van der Waals surface area contributed by atoms with Gasteiger partial charge in [-0.05, 0) is 44.7 Å². The molecule has 1 aliphatic carbocycles. The van der Waals surface area contributed by atoms with Gasteiger partial charge < -0.3 is 10.2 Å². The molecular formula is C14H23F3N2O3S. The SMILES string of the molecule is CS(=O)(=O)C1(C(=O)N(CCC(F)(F)F)CC2CC2)CCNCC1. The molecule has 0 aromatic carbocycles. The van der Waals surface area contributed by atoms with Crippen LogP contribution in [0, 0.1) is 5.92 Å². The van der Waals surface area contributed by atoms with Crippen molar-refractivity contribution in [1.82, 2.24) is 10.2 Å². The lowest BCUT2D eigenvalue weighted by Crippen LogP contribution is -2.58. The first kappa shape index (κ1) is 18.5. The number of nitrogens with one attached hydrogen (secondary N) is 1. The molecule has 5 nitrogen and oxygen atoms in total. The summed E-state index contributed by atoms with van der Waals surface area (Å²) in [7, 11) is -3.71. The van der Waals surface area contributed by atoms with Crippen molar-refractivity contribution >= 4 is 15.7 Å². The Morgan fingerprint density at radius 2 is 1.83 bits per heavy atom. The predicted octanol–water partition coefficient (Wildman–Crippen LogP) is 1.34. The van der Waals surface area contributed by atoms with Crippen molar-refractivity contribution in [2.45, 2.75) is 43.0 Å². The molecule has 2 rings (SSSR count). The summed E-state index contributed by atoms with van der Waals surface area (Å²) in [4.78, 5) is 14.0. The van der Waals surface area contributed by atoms with Crippen LogP contribution < -0.4 is 5.32 Å². The van der Waals surface area contributed by atoms with E-state index in [1.807, 2.05) is 0 Å². The highest BCUT2D eigenvalue weighted by atomic mass is 32.2. The Labute approximate surface area is 134 Å². The minimum atomic E-state index is -4.37. The van der Waals surface area contributed by atoms with Gasteiger partial charge in [0.15, 0.2) is 14.6 Å². The predicted molar refractivity (Wildman–Crippen MR) is 79.7 cm³/mol. The first-order valence-corrected chi connectivity index (χ1v) is 9.71. The van der Waals surface area contributed by atoms with Gasteiger partial charge in [0, 0.05) is 19.3 Å². The number of nitrogens with zero attached hydrogens (tertiary/aromatic N) is 1. The Morgan fingerprint density at radius 3 is 2.26 bits per heavy atom. The smallest absolute Gasteiger partial charge is 0.341 e. The van der Waals surface area contributed by atoms with Crippen LogP contribution in [0.4, 0.5) is 13.2 Å². The Morgan fingerprint density at radius 1 is 1.26 bits per heavy atom. The lowest BCUT2D eigenvalue weighted by molar-refractivity contribution is -0.147. The third-order valence-electron chi connectivity index (χ3n) is 4.64. The van der Waals surface area contributed by atoms with E-state index in [4.69, 9.17) is 0 Å². The molecule has 1 heterocycles. The van der Waals surface area contributed by atoms with Crippen LogP contribution in [0.15, 0.2) is 0 Å². The summed E-state index contributed by atoms with van der Waals surface area (Å²) in [6, 6.07) is 0. The monoisotopic (exact) mass is 356 g/mol. The Balaban J connectivity index is 2.21. The summed E-state index contributed by atoms with van der Waals surface area (Å²) < 4.78 is 60.5. The second-order valence-corrected chi connectivity index (χ2v) is 8.90. The molecule has 134 valence electrons. The zero-order valence-electron chi connectivity index (χ0n) is 13.2. The fraction of sp³-hybridized carbons (Fsp3) is 0.929. The third kappa shape index (κ3) is 4.59. The molecule has 9 heteroatoms. The van der Waals surface area contributed by atoms with E-state index in [1.165, 1.54) is 0 Å². The quantitative estimate of drug-likeness (QED) is 0.780. The zero-order chi connectivity index (χ0) is 17.3. The third-order valence-corrected chi connectivity index (χ3v) is 6.64. The maximum atomic E-state index is 12.9. The van der Waals surface area contributed by atoms with Crippen molar-refractivity contribution in [3.8, 4) is 0 Å². The fourth-order valence-corrected chi connectivity index (χ4v) is 4.40. The second-order valence-electron chi connectivity index (χ2n) is 6.58. The van der Waals surface area contributed by atoms with Gasteiger partial charge in [-0.15, -0.1) is 0 Å². The number of carbonyl (C=O) groups excluding carboxylic acids is 1. The number of carbonyl (C=O) groups is 1. The average Bonchev–Trinajstić information content (AvgIpc) is 3.25. The van der Waals surface area contributed by atoms with Crippen molar-refractivity contribution in [3.63, 3.8) is 0 Å². The van der Waals surface area contributed by atoms with E-state index >= 15 is 0 Å². The van der Waals surface area contributed by atoms with E-state index in [9.17, 15) is 26.4 Å². The number of halogens is 3. The van der Waals surface area contributed by atoms with Gasteiger partial charge in [-0.2, -0.15) is 13.2 Å². The molecular weight excluding hydrogens is 333 g/mol. The highest BCUT2D eigenvalue weighted by Crippen LogP contribution is 2.35. The number of hydrogen-bond acceptors (Lipinski definition) is 4. The van der Waals surface area contributed by atoms with Crippen LogP contribution in [0.1, 0.15) is 32.1 Å². The van der Waals surface area contributed by atoms with Crippen LogP contribution in [0.5, 0.6) is 0 Å². The molecule has 1 saturated heterocycles. The van der Waals surface area contributed by atoms with E-state index in [2.05, 4.69) is 5.32 Å². The fourth-order valence-electron chi connectivity index (χ4n) is 3.01. The number of alkyl halides is 3. The van der Waals surface area contributed by atoms with Gasteiger partial charge in [-0.3, -0.25) is 4.79 Å². The van der Waals surface area contributed by atoms with Crippen molar-refractivity contribution in [1.29, 1.82) is 0 Å². The molecule has 0 spiro atoms. The molecule has 1 aliphatic heterocycles. The minimum absolute atomic E-state index is 0.109. The van der Waals surface area contributed by atoms with Crippen molar-refractivity contribution in [2.75, 3.05) is 32.4 Å². The molecule has 2 aliphatic rings. The standard InChI is InChI=1S/C14H23F3N2O3S/c1-23(21,22)13(4-7-18-8-5-13)12(20)19(10-11-2-3-11)9-6-14(15,16)17/h11,18H,2-10H2,1H3. The van der Waals surface area contributed by atoms with E-state index in [0.29, 0.717) is 13.1 Å². The van der Waals surface area contributed by atoms with Gasteiger partial charge in [0.1, 0.15) is 0 Å². The lowest BCUT2D eigenvalue weighted by atomic mass is 9.94. The molecule has 0 bridgehead atoms. The van der Waals surface area contributed by atoms with Gasteiger partial charge in [0.05, 0.1) is 6.42 Å². The van der Waals surface area contributed by atoms with Gasteiger partial charge in [0.25, 0.3) is 0 Å². The molecule has 0 unspecified atom stereocenters. The molecule has 1 saturated carbocycles. The highest BCUT2D eigenvalue weighted by Gasteiger charge is 2.51. The highest BCUT2D eigenvalue weighted by molar-refractivity contribution is 7.92. The summed E-state index contributed by atoms with van der Waals surface area (Å²) in [6.45, 7) is 0.494. The van der Waals surface area contributed by atoms with E-state index in [1.54, 1.807) is 0 Å². The molecule has 0 radical (unpaired) electrons. The number of hydrogen-bond donors (Lipinski definition) is 1. The van der Waals surface area contributed by atoms with Crippen molar-refractivity contribution in [3.05, 3.63) is 0 Å². The van der Waals surface area contributed by atoms with E-state index in [-0.39, 0.29) is 25.3 Å². The van der Waals surface area contributed by atoms with Crippen molar-refractivity contribution in [2.24, 2.45) is 5.92 Å². The average molecular weight is 356 g/mol. The normalized spacial score (nSPS) is 21.9. The van der Waals surface area contributed by atoms with Crippen LogP contribution in [0.25, 0.3) is 0 Å². The number of sulfone groups is 1. The number of amides is 1. The number of piperidine rings is 1. The van der Waals surface area contributed by atoms with Crippen LogP contribution in [0.2, 0.25) is 0 Å². The van der Waals surface area contributed by atoms with Crippen molar-refractivity contribution < 1.29 is 26.4 Å². The summed E-state index contributed by atoms with van der Waals surface area (Å²) in [6.07, 6.45) is -2.49. The molecule has 2 fully saturated rings. The summed E-state index contributed by atoms with van der Waals surface area (Å²) >= 11 is 0. The van der Waals surface area contributed by atoms with Gasteiger partial charge >= 0.3 is 6.18 Å². The maximum Gasteiger partial charge on any atom is 0.390 e. The minimum Gasteiger partial charge on any atom is -0.341 e. The lowest BCUT2D eigenvalue weighted by Gasteiger charge is -2.38. The van der Waals surface area contributed by atoms with Gasteiger partial charge in [0.2, 0.25) is 5.91 Å². The number of rotatable bonds is 6.